The normalized spacial score (nSPS) is 33.4. The van der Waals surface area contributed by atoms with Crippen LogP contribution in [0.4, 0.5) is 0 Å². The Balaban J connectivity index is 1.65. The molecule has 0 saturated carbocycles. The third-order valence-corrected chi connectivity index (χ3v) is 11.9. The summed E-state index contributed by atoms with van der Waals surface area (Å²) < 4.78 is 24.7. The van der Waals surface area contributed by atoms with Crippen molar-refractivity contribution in [3.05, 3.63) is 47.7 Å². The first kappa shape index (κ1) is 26.4. The summed E-state index contributed by atoms with van der Waals surface area (Å²) >= 11 is 0. The number of rotatable bonds is 5. The van der Waals surface area contributed by atoms with Crippen molar-refractivity contribution in [1.82, 2.24) is 4.90 Å². The second-order valence-electron chi connectivity index (χ2n) is 12.6. The standard InChI is InChI=1S/C27H41NO6Si/c1-25(2,3)33-24(30)27-15-19(34-35(7,8)26(4,5)6)14-20(28(27)17-27)22-21(29)16-31-23(32-22)18-12-10-9-11-13-18/h9-14,20-23,29H,15-17H2,1-8H3/t20-,21+,22-,23+,27+,28?/m0/s1. The summed E-state index contributed by atoms with van der Waals surface area (Å²) in [5, 5.41) is 10.9. The van der Waals surface area contributed by atoms with Crippen LogP contribution in [0.2, 0.25) is 18.1 Å². The van der Waals surface area contributed by atoms with Gasteiger partial charge in [0.05, 0.1) is 18.4 Å². The zero-order valence-electron chi connectivity index (χ0n) is 22.3. The molecule has 0 amide bonds. The van der Waals surface area contributed by atoms with E-state index in [-0.39, 0.29) is 23.7 Å². The number of aliphatic hydroxyl groups excluding tert-OH is 1. The van der Waals surface area contributed by atoms with Crippen molar-refractivity contribution in [3.63, 3.8) is 0 Å². The molecule has 4 rings (SSSR count). The zero-order valence-corrected chi connectivity index (χ0v) is 23.3. The maximum atomic E-state index is 13.4. The highest BCUT2D eigenvalue weighted by Gasteiger charge is 2.66. The maximum absolute atomic E-state index is 13.4. The van der Waals surface area contributed by atoms with Crippen LogP contribution >= 0.6 is 0 Å². The lowest BCUT2D eigenvalue weighted by atomic mass is 9.94. The fourth-order valence-corrected chi connectivity index (χ4v) is 5.62. The zero-order chi connectivity index (χ0) is 25.8. The van der Waals surface area contributed by atoms with E-state index in [2.05, 4.69) is 44.8 Å². The fraction of sp³-hybridized carbons (Fsp3) is 0.667. The first-order valence-corrected chi connectivity index (χ1v) is 15.4. The first-order valence-electron chi connectivity index (χ1n) is 12.5. The van der Waals surface area contributed by atoms with Crippen molar-refractivity contribution in [2.75, 3.05) is 13.2 Å². The molecular weight excluding hydrogens is 462 g/mol. The Kier molecular flexibility index (Phi) is 6.77. The van der Waals surface area contributed by atoms with Gasteiger partial charge in [-0.2, -0.15) is 0 Å². The summed E-state index contributed by atoms with van der Waals surface area (Å²) in [6, 6.07) is 9.38. The van der Waals surface area contributed by atoms with Crippen LogP contribution in [0.15, 0.2) is 42.2 Å². The van der Waals surface area contributed by atoms with Crippen molar-refractivity contribution in [2.24, 2.45) is 0 Å². The highest BCUT2D eigenvalue weighted by molar-refractivity contribution is 6.74. The molecule has 1 N–H and O–H groups in total. The topological polar surface area (TPSA) is 77.2 Å². The predicted molar refractivity (Wildman–Crippen MR) is 136 cm³/mol. The van der Waals surface area contributed by atoms with E-state index in [1.54, 1.807) is 0 Å². The maximum Gasteiger partial charge on any atom is 0.328 e. The number of hydrogen-bond donors (Lipinski definition) is 1. The van der Waals surface area contributed by atoms with Crippen LogP contribution in [0.1, 0.15) is 59.8 Å². The average Bonchev–Trinajstić information content (AvgIpc) is 3.48. The smallest absolute Gasteiger partial charge is 0.328 e. The van der Waals surface area contributed by atoms with Gasteiger partial charge in [0, 0.05) is 18.5 Å². The summed E-state index contributed by atoms with van der Waals surface area (Å²) in [6.45, 7) is 17.3. The molecule has 0 spiro atoms. The monoisotopic (exact) mass is 503 g/mol. The summed E-state index contributed by atoms with van der Waals surface area (Å²) in [7, 11) is -2.15. The number of carbonyl (C=O) groups excluding carboxylic acids is 1. The van der Waals surface area contributed by atoms with Gasteiger partial charge < -0.3 is 23.7 Å². The highest BCUT2D eigenvalue weighted by atomic mass is 28.4. The second kappa shape index (κ2) is 8.99. The Morgan fingerprint density at radius 2 is 1.80 bits per heavy atom. The van der Waals surface area contributed by atoms with Gasteiger partial charge in [-0.05, 0) is 45.0 Å². The number of nitrogens with zero attached hydrogens (tertiary/aromatic N) is 1. The highest BCUT2D eigenvalue weighted by Crippen LogP contribution is 2.50. The predicted octanol–water partition coefficient (Wildman–Crippen LogP) is 4.54. The van der Waals surface area contributed by atoms with Crippen molar-refractivity contribution in [2.45, 2.75) is 102 Å². The summed E-state index contributed by atoms with van der Waals surface area (Å²) in [6.07, 6.45) is 0.529. The van der Waals surface area contributed by atoms with Crippen molar-refractivity contribution in [3.8, 4) is 0 Å². The van der Waals surface area contributed by atoms with Crippen molar-refractivity contribution >= 4 is 14.3 Å². The van der Waals surface area contributed by atoms with Gasteiger partial charge in [-0.1, -0.05) is 51.1 Å². The van der Waals surface area contributed by atoms with Crippen LogP contribution in [-0.2, 0) is 23.4 Å². The molecule has 7 nitrogen and oxygen atoms in total. The van der Waals surface area contributed by atoms with Crippen LogP contribution in [-0.4, -0.2) is 66.8 Å². The number of ether oxygens (including phenoxy) is 3. The number of benzene rings is 1. The van der Waals surface area contributed by atoms with E-state index in [0.717, 1.165) is 11.3 Å². The number of fused-ring (bicyclic) bond motifs is 1. The van der Waals surface area contributed by atoms with Gasteiger partial charge in [0.1, 0.15) is 23.3 Å². The third-order valence-electron chi connectivity index (χ3n) is 7.52. The van der Waals surface area contributed by atoms with Gasteiger partial charge in [0.15, 0.2) is 6.29 Å². The van der Waals surface area contributed by atoms with E-state index >= 15 is 0 Å². The number of aliphatic hydroxyl groups is 1. The SMILES string of the molecule is CC(C)(C)OC(=O)[C@]12CC(O[Si](C)(C)C(C)(C)C)=C[C@@H]([C@@H]3O[C@H](c4ccccc4)OC[C@H]3O)N1C2. The van der Waals surface area contributed by atoms with Gasteiger partial charge in [-0.25, -0.2) is 4.79 Å². The van der Waals surface area contributed by atoms with Crippen LogP contribution < -0.4 is 0 Å². The summed E-state index contributed by atoms with van der Waals surface area (Å²) in [5.74, 6) is 0.542. The molecule has 3 heterocycles. The number of hydrogen-bond acceptors (Lipinski definition) is 7. The van der Waals surface area contributed by atoms with Gasteiger partial charge in [-0.15, -0.1) is 0 Å². The molecule has 0 bridgehead atoms. The summed E-state index contributed by atoms with van der Waals surface area (Å²) in [5.41, 5.74) is -0.496. The van der Waals surface area contributed by atoms with Gasteiger partial charge in [-0.3, -0.25) is 4.90 Å². The van der Waals surface area contributed by atoms with Crippen LogP contribution in [0.5, 0.6) is 0 Å². The van der Waals surface area contributed by atoms with E-state index in [1.807, 2.05) is 51.1 Å². The molecule has 0 radical (unpaired) electrons. The van der Waals surface area contributed by atoms with Crippen molar-refractivity contribution in [1.29, 1.82) is 0 Å². The Bertz CT molecular complexity index is 966. The minimum Gasteiger partial charge on any atom is -0.547 e. The molecule has 1 aromatic carbocycles. The number of esters is 1. The van der Waals surface area contributed by atoms with E-state index in [1.165, 1.54) is 0 Å². The van der Waals surface area contributed by atoms with Crippen LogP contribution in [0.25, 0.3) is 0 Å². The molecule has 6 atom stereocenters. The second-order valence-corrected chi connectivity index (χ2v) is 17.3. The molecule has 2 fully saturated rings. The van der Waals surface area contributed by atoms with Gasteiger partial charge in [0.2, 0.25) is 8.32 Å². The molecular formula is C27H41NO6Si. The molecule has 3 aliphatic heterocycles. The van der Waals surface area contributed by atoms with E-state index in [0.29, 0.717) is 13.0 Å². The molecule has 35 heavy (non-hydrogen) atoms. The quantitative estimate of drug-likeness (QED) is 0.359. The molecule has 1 unspecified atom stereocenters. The van der Waals surface area contributed by atoms with E-state index in [4.69, 9.17) is 18.6 Å². The Morgan fingerprint density at radius 3 is 2.40 bits per heavy atom. The number of carbonyl (C=O) groups is 1. The molecule has 8 heteroatoms. The molecule has 2 saturated heterocycles. The van der Waals surface area contributed by atoms with E-state index in [9.17, 15) is 9.90 Å². The summed E-state index contributed by atoms with van der Waals surface area (Å²) in [4.78, 5) is 15.5. The molecule has 194 valence electrons. The Labute approximate surface area is 210 Å². The Morgan fingerprint density at radius 1 is 1.14 bits per heavy atom. The fourth-order valence-electron chi connectivity index (χ4n) is 4.52. The lowest BCUT2D eigenvalue weighted by Crippen LogP contribution is -2.53. The minimum atomic E-state index is -2.15. The molecule has 1 aromatic rings. The minimum absolute atomic E-state index is 0.0101. The Hall–Kier alpha value is -1.71. The first-order chi connectivity index (χ1) is 16.1. The van der Waals surface area contributed by atoms with Gasteiger partial charge >= 0.3 is 5.97 Å². The lowest BCUT2D eigenvalue weighted by Gasteiger charge is -2.42. The molecule has 3 aliphatic rings. The third kappa shape index (κ3) is 5.37. The van der Waals surface area contributed by atoms with Gasteiger partial charge in [0.25, 0.3) is 0 Å². The molecule has 0 aromatic heterocycles. The van der Waals surface area contributed by atoms with Crippen molar-refractivity contribution < 1.29 is 28.5 Å². The molecule has 0 aliphatic carbocycles. The van der Waals surface area contributed by atoms with Crippen LogP contribution in [0, 0.1) is 0 Å². The average molecular weight is 504 g/mol. The van der Waals surface area contributed by atoms with E-state index < -0.39 is 38.0 Å². The lowest BCUT2D eigenvalue weighted by molar-refractivity contribution is -0.264. The van der Waals surface area contributed by atoms with Crippen LogP contribution in [0.3, 0.4) is 0 Å². The largest absolute Gasteiger partial charge is 0.547 e.